The summed E-state index contributed by atoms with van der Waals surface area (Å²) in [7, 11) is 0. The molecule has 0 heterocycles. The number of halogens is 1. The Hall–Kier alpha value is -1.40. The van der Waals surface area contributed by atoms with E-state index in [1.54, 1.807) is 11.8 Å². The minimum Gasteiger partial charge on any atom is -0.478 e. The van der Waals surface area contributed by atoms with Crippen LogP contribution in [0.2, 0.25) is 5.02 Å². The Morgan fingerprint density at radius 2 is 2.15 bits per heavy atom. The maximum atomic E-state index is 11.7. The van der Waals surface area contributed by atoms with E-state index in [0.29, 0.717) is 18.2 Å². The maximum Gasteiger partial charge on any atom is 0.335 e. The molecule has 1 unspecified atom stereocenters. The van der Waals surface area contributed by atoms with Gasteiger partial charge in [-0.1, -0.05) is 18.5 Å². The van der Waals surface area contributed by atoms with Crippen molar-refractivity contribution in [3.05, 3.63) is 28.8 Å². The van der Waals surface area contributed by atoms with E-state index in [2.05, 4.69) is 10.6 Å². The highest BCUT2D eigenvalue weighted by Gasteiger charge is 2.10. The van der Waals surface area contributed by atoms with Crippen molar-refractivity contribution in [2.75, 3.05) is 23.9 Å². The van der Waals surface area contributed by atoms with E-state index < -0.39 is 5.97 Å². The van der Waals surface area contributed by atoms with Gasteiger partial charge in [0.25, 0.3) is 0 Å². The van der Waals surface area contributed by atoms with Gasteiger partial charge < -0.3 is 15.7 Å². The second-order valence-electron chi connectivity index (χ2n) is 4.40. The first-order valence-electron chi connectivity index (χ1n) is 6.00. The van der Waals surface area contributed by atoms with Crippen molar-refractivity contribution in [3.63, 3.8) is 0 Å². The Morgan fingerprint density at radius 3 is 2.70 bits per heavy atom. The van der Waals surface area contributed by atoms with E-state index in [-0.39, 0.29) is 16.6 Å². The molecule has 0 aromatic heterocycles. The molecule has 0 aliphatic heterocycles. The minimum absolute atomic E-state index is 0.0783. The number of aromatic carboxylic acids is 1. The van der Waals surface area contributed by atoms with E-state index in [9.17, 15) is 9.59 Å². The van der Waals surface area contributed by atoms with Crippen LogP contribution in [0.15, 0.2) is 18.2 Å². The molecule has 0 spiro atoms. The van der Waals surface area contributed by atoms with Crippen LogP contribution in [0, 0.1) is 5.92 Å². The molecule has 1 aromatic rings. The predicted molar refractivity (Wildman–Crippen MR) is 83.0 cm³/mol. The average Bonchev–Trinajstić information content (AvgIpc) is 2.39. The minimum atomic E-state index is -1.06. The summed E-state index contributed by atoms with van der Waals surface area (Å²) < 4.78 is 0. The molecule has 0 saturated carbocycles. The number of amides is 2. The van der Waals surface area contributed by atoms with Crippen molar-refractivity contribution in [2.45, 2.75) is 6.92 Å². The van der Waals surface area contributed by atoms with Crippen molar-refractivity contribution >= 4 is 41.1 Å². The van der Waals surface area contributed by atoms with E-state index in [1.165, 1.54) is 18.2 Å². The summed E-state index contributed by atoms with van der Waals surface area (Å²) in [6.07, 6.45) is 2.01. The van der Waals surface area contributed by atoms with Gasteiger partial charge in [-0.2, -0.15) is 11.8 Å². The first kappa shape index (κ1) is 16.7. The molecule has 5 nitrogen and oxygen atoms in total. The molecule has 0 saturated heterocycles. The number of urea groups is 1. The molecule has 1 atom stereocenters. The molecule has 3 N–H and O–H groups in total. The second-order valence-corrected chi connectivity index (χ2v) is 5.71. The van der Waals surface area contributed by atoms with Gasteiger partial charge in [0.2, 0.25) is 0 Å². The highest BCUT2D eigenvalue weighted by atomic mass is 35.5. The third-order valence-corrected chi connectivity index (χ3v) is 3.74. The summed E-state index contributed by atoms with van der Waals surface area (Å²) >= 11 is 7.64. The molecule has 7 heteroatoms. The third-order valence-electron chi connectivity index (χ3n) is 2.53. The van der Waals surface area contributed by atoms with Crippen LogP contribution >= 0.6 is 23.4 Å². The Labute approximate surface area is 127 Å². The lowest BCUT2D eigenvalue weighted by Gasteiger charge is -2.13. The predicted octanol–water partition coefficient (Wildman–Crippen LogP) is 3.16. The van der Waals surface area contributed by atoms with Gasteiger partial charge in [0.05, 0.1) is 16.3 Å². The zero-order chi connectivity index (χ0) is 15.1. The summed E-state index contributed by atoms with van der Waals surface area (Å²) in [5.41, 5.74) is 0.459. The number of rotatable bonds is 6. The fourth-order valence-corrected chi connectivity index (χ4v) is 2.44. The van der Waals surface area contributed by atoms with Crippen LogP contribution in [0.4, 0.5) is 10.5 Å². The lowest BCUT2D eigenvalue weighted by atomic mass is 10.2. The van der Waals surface area contributed by atoms with Gasteiger partial charge in [-0.3, -0.25) is 0 Å². The van der Waals surface area contributed by atoms with E-state index in [0.717, 1.165) is 5.75 Å². The van der Waals surface area contributed by atoms with Gasteiger partial charge in [0.1, 0.15) is 0 Å². The molecule has 20 heavy (non-hydrogen) atoms. The number of carbonyl (C=O) groups is 2. The lowest BCUT2D eigenvalue weighted by Crippen LogP contribution is -2.33. The van der Waals surface area contributed by atoms with Crippen LogP contribution < -0.4 is 10.6 Å². The van der Waals surface area contributed by atoms with E-state index in [4.69, 9.17) is 16.7 Å². The molecule has 0 fully saturated rings. The van der Waals surface area contributed by atoms with Crippen LogP contribution in [0.5, 0.6) is 0 Å². The van der Waals surface area contributed by atoms with E-state index in [1.807, 2.05) is 13.2 Å². The highest BCUT2D eigenvalue weighted by molar-refractivity contribution is 7.98. The first-order chi connectivity index (χ1) is 9.43. The number of carboxylic acids is 1. The summed E-state index contributed by atoms with van der Waals surface area (Å²) in [6.45, 7) is 2.61. The van der Waals surface area contributed by atoms with Gasteiger partial charge in [-0.05, 0) is 36.1 Å². The second kappa shape index (κ2) is 8.01. The quantitative estimate of drug-likeness (QED) is 0.753. The number of carbonyl (C=O) groups excluding carboxylic acids is 1. The first-order valence-corrected chi connectivity index (χ1v) is 7.78. The summed E-state index contributed by atoms with van der Waals surface area (Å²) in [5, 5.41) is 14.3. The van der Waals surface area contributed by atoms with Crippen molar-refractivity contribution in [3.8, 4) is 0 Å². The maximum absolute atomic E-state index is 11.7. The molecule has 0 bridgehead atoms. The highest BCUT2D eigenvalue weighted by Crippen LogP contribution is 2.23. The Morgan fingerprint density at radius 1 is 1.45 bits per heavy atom. The number of hydrogen-bond donors (Lipinski definition) is 3. The Balaban J connectivity index is 2.56. The Kier molecular flexibility index (Phi) is 6.67. The van der Waals surface area contributed by atoms with E-state index >= 15 is 0 Å². The van der Waals surface area contributed by atoms with Gasteiger partial charge in [-0.25, -0.2) is 9.59 Å². The van der Waals surface area contributed by atoms with Gasteiger partial charge in [0.15, 0.2) is 0 Å². The monoisotopic (exact) mass is 316 g/mol. The number of benzene rings is 1. The number of carboxylic acid groups (broad SMARTS) is 1. The van der Waals surface area contributed by atoms with Crippen LogP contribution in [0.3, 0.4) is 0 Å². The third kappa shape index (κ3) is 5.30. The molecule has 110 valence electrons. The normalized spacial score (nSPS) is 11.8. The smallest absolute Gasteiger partial charge is 0.335 e. The molecule has 0 radical (unpaired) electrons. The largest absolute Gasteiger partial charge is 0.478 e. The molecule has 2 amide bonds. The van der Waals surface area contributed by atoms with Crippen molar-refractivity contribution < 1.29 is 14.7 Å². The number of anilines is 1. The summed E-state index contributed by atoms with van der Waals surface area (Å²) in [5.74, 6) is 0.281. The zero-order valence-electron chi connectivity index (χ0n) is 11.3. The van der Waals surface area contributed by atoms with Crippen LogP contribution in [0.25, 0.3) is 0 Å². The fourth-order valence-electron chi connectivity index (χ4n) is 1.53. The standard InChI is InChI=1S/C13H17ClN2O3S/c1-8(7-20-2)6-15-13(19)16-11-4-3-9(12(17)18)5-10(11)14/h3-5,8H,6-7H2,1-2H3,(H,17,18)(H2,15,16,19). The number of nitrogens with one attached hydrogen (secondary N) is 2. The Bertz CT molecular complexity index is 497. The van der Waals surface area contributed by atoms with Crippen molar-refractivity contribution in [1.29, 1.82) is 0 Å². The molecule has 0 aliphatic rings. The zero-order valence-corrected chi connectivity index (χ0v) is 12.8. The SMILES string of the molecule is CSCC(C)CNC(=O)Nc1ccc(C(=O)O)cc1Cl. The average molecular weight is 317 g/mol. The summed E-state index contributed by atoms with van der Waals surface area (Å²) in [6, 6.07) is 3.80. The molecule has 1 rings (SSSR count). The lowest BCUT2D eigenvalue weighted by molar-refractivity contribution is 0.0697. The van der Waals surface area contributed by atoms with Gasteiger partial charge in [0, 0.05) is 6.54 Å². The van der Waals surface area contributed by atoms with Crippen LogP contribution in [0.1, 0.15) is 17.3 Å². The molecule has 1 aromatic carbocycles. The van der Waals surface area contributed by atoms with Crippen molar-refractivity contribution in [1.82, 2.24) is 5.32 Å². The van der Waals surface area contributed by atoms with Crippen LogP contribution in [-0.2, 0) is 0 Å². The number of hydrogen-bond acceptors (Lipinski definition) is 3. The molecule has 0 aliphatic carbocycles. The topological polar surface area (TPSA) is 78.4 Å². The molecular formula is C13H17ClN2O3S. The number of thioether (sulfide) groups is 1. The van der Waals surface area contributed by atoms with Gasteiger partial charge >= 0.3 is 12.0 Å². The fraction of sp³-hybridized carbons (Fsp3) is 0.385. The summed E-state index contributed by atoms with van der Waals surface area (Å²) in [4.78, 5) is 22.5. The van der Waals surface area contributed by atoms with Gasteiger partial charge in [-0.15, -0.1) is 0 Å². The molecular weight excluding hydrogens is 300 g/mol. The van der Waals surface area contributed by atoms with Crippen LogP contribution in [-0.4, -0.2) is 35.7 Å². The van der Waals surface area contributed by atoms with Crippen molar-refractivity contribution in [2.24, 2.45) is 5.92 Å².